The fraction of sp³-hybridized carbons (Fsp3) is 0. The summed E-state index contributed by atoms with van der Waals surface area (Å²) in [6.07, 6.45) is 0. The topological polar surface area (TPSA) is 51.8 Å². The summed E-state index contributed by atoms with van der Waals surface area (Å²) in [4.78, 5) is 14.9. The van der Waals surface area contributed by atoms with E-state index in [1.54, 1.807) is 0 Å². The molecule has 10 rings (SSSR count). The van der Waals surface area contributed by atoms with Crippen molar-refractivity contribution in [2.45, 2.75) is 0 Å². The summed E-state index contributed by atoms with van der Waals surface area (Å²) < 4.78 is 8.83. The minimum atomic E-state index is 0.600. The summed E-state index contributed by atoms with van der Waals surface area (Å²) in [5.74, 6) is 1.85. The van der Waals surface area contributed by atoms with Gasteiger partial charge in [-0.1, -0.05) is 133 Å². The number of rotatable bonds is 5. The lowest BCUT2D eigenvalue weighted by molar-refractivity contribution is 0.669. The van der Waals surface area contributed by atoms with Crippen LogP contribution in [0.2, 0.25) is 0 Å². The van der Waals surface area contributed by atoms with Crippen LogP contribution in [0, 0.1) is 0 Å². The van der Waals surface area contributed by atoms with E-state index in [2.05, 4.69) is 109 Å². The Labute approximate surface area is 292 Å². The molecule has 3 heterocycles. The first kappa shape index (κ1) is 28.6. The zero-order valence-corrected chi connectivity index (χ0v) is 27.6. The molecule has 0 saturated heterocycles. The quantitative estimate of drug-likeness (QED) is 0.185. The minimum absolute atomic E-state index is 0.600. The molecule has 0 aliphatic carbocycles. The second-order valence-corrected chi connectivity index (χ2v) is 13.5. The maximum Gasteiger partial charge on any atom is 0.164 e. The molecule has 0 bridgehead atoms. The van der Waals surface area contributed by atoms with Crippen molar-refractivity contribution in [1.82, 2.24) is 15.0 Å². The van der Waals surface area contributed by atoms with Gasteiger partial charge < -0.3 is 4.42 Å². The van der Waals surface area contributed by atoms with Crippen LogP contribution >= 0.6 is 11.3 Å². The van der Waals surface area contributed by atoms with Crippen molar-refractivity contribution in [3.63, 3.8) is 0 Å². The summed E-state index contributed by atoms with van der Waals surface area (Å²) >= 11 is 1.86. The number of thiophene rings is 1. The van der Waals surface area contributed by atoms with Crippen molar-refractivity contribution in [3.05, 3.63) is 164 Å². The van der Waals surface area contributed by atoms with Crippen LogP contribution in [0.1, 0.15) is 0 Å². The van der Waals surface area contributed by atoms with Gasteiger partial charge >= 0.3 is 0 Å². The Balaban J connectivity index is 1.03. The smallest absolute Gasteiger partial charge is 0.164 e. The molecule has 0 amide bonds. The predicted molar refractivity (Wildman–Crippen MR) is 207 cm³/mol. The summed E-state index contributed by atoms with van der Waals surface area (Å²) in [6, 6.07) is 57.0. The second kappa shape index (κ2) is 11.6. The largest absolute Gasteiger partial charge is 0.456 e. The number of hydrogen-bond acceptors (Lipinski definition) is 5. The van der Waals surface area contributed by atoms with Gasteiger partial charge in [0.05, 0.1) is 0 Å². The molecule has 10 aromatic rings. The molecule has 0 fully saturated rings. The number of para-hydroxylation sites is 1. The van der Waals surface area contributed by atoms with E-state index in [0.29, 0.717) is 17.5 Å². The second-order valence-electron chi connectivity index (χ2n) is 12.4. The van der Waals surface area contributed by atoms with Gasteiger partial charge in [-0.05, 0) is 52.6 Å². The first-order valence-electron chi connectivity index (χ1n) is 16.6. The maximum absolute atomic E-state index is 6.20. The third-order valence-electron chi connectivity index (χ3n) is 9.36. The number of furan rings is 1. The van der Waals surface area contributed by atoms with Crippen molar-refractivity contribution in [2.24, 2.45) is 0 Å². The zero-order chi connectivity index (χ0) is 33.0. The van der Waals surface area contributed by atoms with E-state index in [1.807, 2.05) is 65.9 Å². The molecule has 0 atom stereocenters. The minimum Gasteiger partial charge on any atom is -0.456 e. The molecule has 50 heavy (non-hydrogen) atoms. The summed E-state index contributed by atoms with van der Waals surface area (Å²) in [7, 11) is 0. The molecular formula is C45H27N3OS. The Morgan fingerprint density at radius 2 is 0.940 bits per heavy atom. The molecule has 5 heteroatoms. The highest BCUT2D eigenvalue weighted by Gasteiger charge is 2.15. The molecular weight excluding hydrogens is 631 g/mol. The standard InChI is InChI=1S/C45H27N3OS/c1-2-10-29(11-3-1)43-46-44(48-45(47-43)33-24-25-36-35-14-4-6-18-39(35)49-40(36)27-33)30-22-20-28(21-23-30)31-12-8-13-32(26-31)34-16-9-17-38-37-15-5-7-19-41(37)50-42(34)38/h1-27H. The van der Waals surface area contributed by atoms with Crippen LogP contribution in [-0.2, 0) is 0 Å². The number of aromatic nitrogens is 3. The molecule has 0 unspecified atom stereocenters. The van der Waals surface area contributed by atoms with Crippen molar-refractivity contribution in [2.75, 3.05) is 0 Å². The lowest BCUT2D eigenvalue weighted by Gasteiger charge is -2.10. The van der Waals surface area contributed by atoms with Gasteiger partial charge in [-0.2, -0.15) is 0 Å². The molecule has 0 saturated carbocycles. The molecule has 0 spiro atoms. The SMILES string of the molecule is c1ccc(-c2nc(-c3ccc(-c4cccc(-c5cccc6c5sc5ccccc56)c4)cc3)nc(-c3ccc4c(c3)oc3ccccc34)n2)cc1. The summed E-state index contributed by atoms with van der Waals surface area (Å²) in [6.45, 7) is 0. The fourth-order valence-electron chi connectivity index (χ4n) is 6.87. The Hall–Kier alpha value is -6.43. The molecule has 234 valence electrons. The normalized spacial score (nSPS) is 11.6. The molecule has 0 aliphatic heterocycles. The molecule has 0 radical (unpaired) electrons. The van der Waals surface area contributed by atoms with Gasteiger partial charge in [0.15, 0.2) is 17.5 Å². The van der Waals surface area contributed by atoms with Crippen LogP contribution < -0.4 is 0 Å². The van der Waals surface area contributed by atoms with Gasteiger partial charge in [0.25, 0.3) is 0 Å². The van der Waals surface area contributed by atoms with Crippen LogP contribution in [0.15, 0.2) is 168 Å². The number of nitrogens with zero attached hydrogens (tertiary/aromatic N) is 3. The maximum atomic E-state index is 6.20. The molecule has 3 aromatic heterocycles. The van der Waals surface area contributed by atoms with Crippen LogP contribution in [-0.4, -0.2) is 15.0 Å². The van der Waals surface area contributed by atoms with E-state index in [4.69, 9.17) is 19.4 Å². The molecule has 0 aliphatic rings. The predicted octanol–water partition coefficient (Wildman–Crippen LogP) is 12.5. The highest BCUT2D eigenvalue weighted by Crippen LogP contribution is 2.40. The average Bonchev–Trinajstić information content (AvgIpc) is 3.76. The van der Waals surface area contributed by atoms with Gasteiger partial charge in [0, 0.05) is 47.6 Å². The lowest BCUT2D eigenvalue weighted by atomic mass is 9.97. The third-order valence-corrected chi connectivity index (χ3v) is 10.6. The molecule has 4 nitrogen and oxygen atoms in total. The number of fused-ring (bicyclic) bond motifs is 6. The monoisotopic (exact) mass is 657 g/mol. The van der Waals surface area contributed by atoms with E-state index in [-0.39, 0.29) is 0 Å². The van der Waals surface area contributed by atoms with E-state index in [1.165, 1.54) is 31.3 Å². The van der Waals surface area contributed by atoms with E-state index in [0.717, 1.165) is 49.8 Å². The van der Waals surface area contributed by atoms with Gasteiger partial charge in [0.1, 0.15) is 11.2 Å². The van der Waals surface area contributed by atoms with E-state index in [9.17, 15) is 0 Å². The highest BCUT2D eigenvalue weighted by atomic mass is 32.1. The van der Waals surface area contributed by atoms with E-state index >= 15 is 0 Å². The third kappa shape index (κ3) is 4.87. The van der Waals surface area contributed by atoms with Gasteiger partial charge in [-0.25, -0.2) is 15.0 Å². The zero-order valence-electron chi connectivity index (χ0n) is 26.7. The lowest BCUT2D eigenvalue weighted by Crippen LogP contribution is -2.00. The Kier molecular flexibility index (Phi) is 6.64. The number of hydrogen-bond donors (Lipinski definition) is 0. The molecule has 0 N–H and O–H groups in total. The first-order chi connectivity index (χ1) is 24.7. The Bertz CT molecular complexity index is 2870. The Morgan fingerprint density at radius 3 is 1.78 bits per heavy atom. The van der Waals surface area contributed by atoms with Crippen molar-refractivity contribution < 1.29 is 4.42 Å². The van der Waals surface area contributed by atoms with E-state index < -0.39 is 0 Å². The average molecular weight is 658 g/mol. The fourth-order valence-corrected chi connectivity index (χ4v) is 8.11. The first-order valence-corrected chi connectivity index (χ1v) is 17.4. The van der Waals surface area contributed by atoms with Crippen molar-refractivity contribution in [1.29, 1.82) is 0 Å². The van der Waals surface area contributed by atoms with Crippen LogP contribution in [0.5, 0.6) is 0 Å². The van der Waals surface area contributed by atoms with Gasteiger partial charge in [0.2, 0.25) is 0 Å². The van der Waals surface area contributed by atoms with Crippen LogP contribution in [0.25, 0.3) is 98.5 Å². The van der Waals surface area contributed by atoms with Crippen molar-refractivity contribution >= 4 is 53.4 Å². The summed E-state index contributed by atoms with van der Waals surface area (Å²) in [5, 5.41) is 4.79. The van der Waals surface area contributed by atoms with Crippen molar-refractivity contribution in [3.8, 4) is 56.4 Å². The van der Waals surface area contributed by atoms with Crippen LogP contribution in [0.4, 0.5) is 0 Å². The van der Waals surface area contributed by atoms with Gasteiger partial charge in [-0.15, -0.1) is 11.3 Å². The highest BCUT2D eigenvalue weighted by molar-refractivity contribution is 7.26. The van der Waals surface area contributed by atoms with Crippen LogP contribution in [0.3, 0.4) is 0 Å². The number of benzene rings is 7. The Morgan fingerprint density at radius 1 is 0.360 bits per heavy atom. The van der Waals surface area contributed by atoms with Gasteiger partial charge in [-0.3, -0.25) is 0 Å². The molecule has 7 aromatic carbocycles. The summed E-state index contributed by atoms with van der Waals surface area (Å²) in [5.41, 5.74) is 9.16.